The van der Waals surface area contributed by atoms with E-state index in [0.29, 0.717) is 6.04 Å². The molecule has 2 aromatic carbocycles. The first-order valence-corrected chi connectivity index (χ1v) is 8.63. The second-order valence-electron chi connectivity index (χ2n) is 5.97. The third-order valence-electron chi connectivity index (χ3n) is 4.38. The van der Waals surface area contributed by atoms with E-state index >= 15 is 0 Å². The zero-order valence-corrected chi connectivity index (χ0v) is 13.9. The van der Waals surface area contributed by atoms with Gasteiger partial charge in [0.25, 0.3) is 0 Å². The van der Waals surface area contributed by atoms with Crippen LogP contribution < -0.4 is 15.0 Å². The average molecular weight is 310 g/mol. The predicted molar refractivity (Wildman–Crippen MR) is 96.2 cm³/mol. The lowest BCUT2D eigenvalue weighted by Crippen LogP contribution is -2.30. The summed E-state index contributed by atoms with van der Waals surface area (Å²) in [5.74, 6) is 1.02. The summed E-state index contributed by atoms with van der Waals surface area (Å²) >= 11 is 0. The van der Waals surface area contributed by atoms with Gasteiger partial charge in [0.15, 0.2) is 0 Å². The summed E-state index contributed by atoms with van der Waals surface area (Å²) in [6.45, 7) is 6.06. The van der Waals surface area contributed by atoms with Gasteiger partial charge in [0.2, 0.25) is 0 Å². The smallest absolute Gasteiger partial charge is 0.142 e. The molecule has 122 valence electrons. The molecule has 0 bridgehead atoms. The van der Waals surface area contributed by atoms with Crippen LogP contribution in [0.4, 0.5) is 5.69 Å². The monoisotopic (exact) mass is 310 g/mol. The molecule has 0 fully saturated rings. The van der Waals surface area contributed by atoms with E-state index in [0.717, 1.165) is 44.8 Å². The van der Waals surface area contributed by atoms with Crippen molar-refractivity contribution in [2.75, 3.05) is 31.1 Å². The third-order valence-corrected chi connectivity index (χ3v) is 4.38. The van der Waals surface area contributed by atoms with E-state index in [4.69, 9.17) is 4.74 Å². The number of fused-ring (bicyclic) bond motifs is 1. The first-order chi connectivity index (χ1) is 11.4. The normalized spacial score (nSPS) is 15.4. The van der Waals surface area contributed by atoms with Gasteiger partial charge in [0.05, 0.1) is 12.3 Å². The van der Waals surface area contributed by atoms with Crippen molar-refractivity contribution in [3.05, 3.63) is 60.2 Å². The number of anilines is 1. The maximum absolute atomic E-state index is 5.86. The highest BCUT2D eigenvalue weighted by molar-refractivity contribution is 5.58. The van der Waals surface area contributed by atoms with Crippen molar-refractivity contribution in [1.82, 2.24) is 5.32 Å². The van der Waals surface area contributed by atoms with E-state index in [2.05, 4.69) is 65.7 Å². The highest BCUT2D eigenvalue weighted by atomic mass is 16.5. The van der Waals surface area contributed by atoms with Crippen molar-refractivity contribution in [3.8, 4) is 5.75 Å². The van der Waals surface area contributed by atoms with Crippen molar-refractivity contribution < 1.29 is 4.74 Å². The Bertz CT molecular complexity index is 600. The highest BCUT2D eigenvalue weighted by Gasteiger charge is 2.18. The van der Waals surface area contributed by atoms with Crippen LogP contribution in [0.25, 0.3) is 0 Å². The fourth-order valence-electron chi connectivity index (χ4n) is 3.23. The van der Waals surface area contributed by atoms with Gasteiger partial charge in [-0.3, -0.25) is 0 Å². The first kappa shape index (κ1) is 15.9. The van der Waals surface area contributed by atoms with Crippen LogP contribution in [0.3, 0.4) is 0 Å². The average Bonchev–Trinajstić information content (AvgIpc) is 2.82. The lowest BCUT2D eigenvalue weighted by molar-refractivity contribution is 0.322. The van der Waals surface area contributed by atoms with Gasteiger partial charge in [-0.15, -0.1) is 0 Å². The Morgan fingerprint density at radius 1 is 1.09 bits per heavy atom. The van der Waals surface area contributed by atoms with Gasteiger partial charge in [-0.05, 0) is 37.1 Å². The zero-order valence-electron chi connectivity index (χ0n) is 13.9. The first-order valence-electron chi connectivity index (χ1n) is 8.63. The Kier molecular flexibility index (Phi) is 5.54. The molecule has 1 aliphatic heterocycles. The molecule has 1 N–H and O–H groups in total. The van der Waals surface area contributed by atoms with Crippen LogP contribution in [0.2, 0.25) is 0 Å². The van der Waals surface area contributed by atoms with Crippen molar-refractivity contribution >= 4 is 5.69 Å². The lowest BCUT2D eigenvalue weighted by Gasteiger charge is -2.27. The van der Waals surface area contributed by atoms with E-state index < -0.39 is 0 Å². The van der Waals surface area contributed by atoms with Crippen LogP contribution in [0.5, 0.6) is 5.75 Å². The van der Waals surface area contributed by atoms with Gasteiger partial charge >= 0.3 is 0 Å². The summed E-state index contributed by atoms with van der Waals surface area (Å²) in [5.41, 5.74) is 2.60. The van der Waals surface area contributed by atoms with Gasteiger partial charge in [-0.1, -0.05) is 49.4 Å². The minimum atomic E-state index is 0.400. The van der Waals surface area contributed by atoms with E-state index in [9.17, 15) is 0 Å². The van der Waals surface area contributed by atoms with Crippen molar-refractivity contribution in [1.29, 1.82) is 0 Å². The summed E-state index contributed by atoms with van der Waals surface area (Å²) in [5, 5.41) is 3.62. The second kappa shape index (κ2) is 8.02. The fourth-order valence-corrected chi connectivity index (χ4v) is 3.23. The summed E-state index contributed by atoms with van der Waals surface area (Å²) < 4.78 is 5.86. The number of rotatable bonds is 6. The second-order valence-corrected chi connectivity index (χ2v) is 5.97. The van der Waals surface area contributed by atoms with Crippen LogP contribution >= 0.6 is 0 Å². The Morgan fingerprint density at radius 3 is 2.70 bits per heavy atom. The summed E-state index contributed by atoms with van der Waals surface area (Å²) in [4.78, 5) is 2.47. The molecule has 0 saturated carbocycles. The molecule has 3 rings (SSSR count). The molecule has 1 aliphatic rings. The predicted octanol–water partition coefficient (Wildman–Crippen LogP) is 4.02. The van der Waals surface area contributed by atoms with Gasteiger partial charge < -0.3 is 15.0 Å². The van der Waals surface area contributed by atoms with Gasteiger partial charge in [-0.25, -0.2) is 0 Å². The molecule has 0 unspecified atom stereocenters. The number of ether oxygens (including phenoxy) is 1. The number of benzene rings is 2. The minimum absolute atomic E-state index is 0.400. The summed E-state index contributed by atoms with van der Waals surface area (Å²) in [7, 11) is 0. The fraction of sp³-hybridized carbons (Fsp3) is 0.400. The number of nitrogens with zero attached hydrogens (tertiary/aromatic N) is 1. The Morgan fingerprint density at radius 2 is 1.87 bits per heavy atom. The molecule has 23 heavy (non-hydrogen) atoms. The van der Waals surface area contributed by atoms with Gasteiger partial charge in [0, 0.05) is 19.1 Å². The molecule has 0 amide bonds. The van der Waals surface area contributed by atoms with E-state index in [1.807, 2.05) is 6.07 Å². The largest absolute Gasteiger partial charge is 0.491 e. The molecule has 0 spiro atoms. The molecule has 0 aromatic heterocycles. The number of hydrogen-bond donors (Lipinski definition) is 1. The minimum Gasteiger partial charge on any atom is -0.491 e. The molecule has 0 aliphatic carbocycles. The Hall–Kier alpha value is -2.00. The lowest BCUT2D eigenvalue weighted by atomic mass is 10.0. The van der Waals surface area contributed by atoms with Crippen LogP contribution in [0.15, 0.2) is 54.6 Å². The van der Waals surface area contributed by atoms with Crippen molar-refractivity contribution in [3.63, 3.8) is 0 Å². The van der Waals surface area contributed by atoms with Crippen LogP contribution in [0.1, 0.15) is 31.4 Å². The maximum atomic E-state index is 5.86. The number of nitrogens with one attached hydrogen (secondary N) is 1. The molecule has 3 nitrogen and oxygen atoms in total. The topological polar surface area (TPSA) is 24.5 Å². The van der Waals surface area contributed by atoms with E-state index in [-0.39, 0.29) is 0 Å². The molecular formula is C20H26N2O. The maximum Gasteiger partial charge on any atom is 0.142 e. The Labute approximate surface area is 139 Å². The van der Waals surface area contributed by atoms with Crippen LogP contribution in [-0.2, 0) is 0 Å². The molecule has 3 heteroatoms. The molecule has 1 atom stereocenters. The number of hydrogen-bond acceptors (Lipinski definition) is 3. The molecular weight excluding hydrogens is 284 g/mol. The van der Waals surface area contributed by atoms with Crippen molar-refractivity contribution in [2.45, 2.75) is 25.8 Å². The summed E-state index contributed by atoms with van der Waals surface area (Å²) in [6.07, 6.45) is 2.16. The molecule has 0 radical (unpaired) electrons. The Balaban J connectivity index is 1.71. The van der Waals surface area contributed by atoms with Crippen LogP contribution in [0, 0.1) is 0 Å². The molecule has 1 heterocycles. The van der Waals surface area contributed by atoms with E-state index in [1.54, 1.807) is 0 Å². The molecule has 2 aromatic rings. The molecule has 0 saturated heterocycles. The van der Waals surface area contributed by atoms with Crippen molar-refractivity contribution in [2.24, 2.45) is 0 Å². The third kappa shape index (κ3) is 4.05. The summed E-state index contributed by atoms with van der Waals surface area (Å²) in [6, 6.07) is 19.5. The van der Waals surface area contributed by atoms with E-state index in [1.165, 1.54) is 11.3 Å². The zero-order chi connectivity index (χ0) is 15.9. The number of para-hydroxylation sites is 2. The SMILES string of the molecule is CCN[C@@H](CCN1CCCOc2ccccc21)c1ccccc1. The van der Waals surface area contributed by atoms with Gasteiger partial charge in [0.1, 0.15) is 5.75 Å². The quantitative estimate of drug-likeness (QED) is 0.872. The van der Waals surface area contributed by atoms with Crippen LogP contribution in [-0.4, -0.2) is 26.2 Å². The standard InChI is InChI=1S/C20H26N2O/c1-2-21-18(17-9-4-3-5-10-17)13-15-22-14-8-16-23-20-12-7-6-11-19(20)22/h3-7,9-12,18,21H,2,8,13-16H2,1H3/t18-/m0/s1. The van der Waals surface area contributed by atoms with Gasteiger partial charge in [-0.2, -0.15) is 0 Å². The highest BCUT2D eigenvalue weighted by Crippen LogP contribution is 2.31.